The predicted octanol–water partition coefficient (Wildman–Crippen LogP) is 3.97. The van der Waals surface area contributed by atoms with Gasteiger partial charge in [-0.05, 0) is 24.3 Å². The highest BCUT2D eigenvalue weighted by Gasteiger charge is 2.20. The monoisotopic (exact) mass is 400 g/mol. The molecule has 0 radical (unpaired) electrons. The molecule has 0 spiro atoms. The van der Waals surface area contributed by atoms with Crippen molar-refractivity contribution >= 4 is 55.8 Å². The van der Waals surface area contributed by atoms with E-state index in [1.165, 1.54) is 6.07 Å². The van der Waals surface area contributed by atoms with Crippen LogP contribution in [0.3, 0.4) is 0 Å². The Balaban J connectivity index is 2.23. The first-order valence-electron chi connectivity index (χ1n) is 7.81. The number of nitrogens with one attached hydrogen (secondary N) is 1. The number of halogens is 3. The molecule has 8 heteroatoms. The molecule has 0 saturated carbocycles. The summed E-state index contributed by atoms with van der Waals surface area (Å²) in [5, 5.41) is 3.02. The molecule has 3 rings (SSSR count). The summed E-state index contributed by atoms with van der Waals surface area (Å²) in [6.45, 7) is -2.58. The molecule has 1 amide bonds. The number of carbonyl (C=O) groups is 1. The van der Waals surface area contributed by atoms with E-state index in [1.807, 2.05) is 0 Å². The third-order valence-corrected chi connectivity index (χ3v) is 4.04. The zero-order valence-corrected chi connectivity index (χ0v) is 13.7. The fourth-order valence-corrected chi connectivity index (χ4v) is 2.87. The number of imidazole rings is 1. The van der Waals surface area contributed by atoms with Crippen molar-refractivity contribution in [2.75, 3.05) is 5.32 Å². The normalized spacial score (nSPS) is 13.4. The van der Waals surface area contributed by atoms with E-state index in [1.54, 1.807) is 18.2 Å². The van der Waals surface area contributed by atoms with E-state index in [-0.39, 0.29) is 27.3 Å². The van der Waals surface area contributed by atoms with Gasteiger partial charge in [-0.15, -0.1) is 0 Å². The number of hydrogen-bond acceptors (Lipinski definition) is 3. The van der Waals surface area contributed by atoms with Crippen molar-refractivity contribution in [3.8, 4) is 0 Å². The van der Waals surface area contributed by atoms with Gasteiger partial charge < -0.3 is 15.6 Å². The van der Waals surface area contributed by atoms with Gasteiger partial charge in [0.2, 0.25) is 0 Å². The van der Waals surface area contributed by atoms with Gasteiger partial charge in [0.1, 0.15) is 5.52 Å². The smallest absolute Gasteiger partial charge is 0.251 e. The Morgan fingerprint density at radius 1 is 1.52 bits per heavy atom. The van der Waals surface area contributed by atoms with Gasteiger partial charge >= 0.3 is 0 Å². The molecule has 0 unspecified atom stereocenters. The zero-order chi connectivity index (χ0) is 19.2. The van der Waals surface area contributed by atoms with Crippen molar-refractivity contribution in [2.45, 2.75) is 0 Å². The molecule has 23 heavy (non-hydrogen) atoms. The summed E-state index contributed by atoms with van der Waals surface area (Å²) in [4.78, 5) is 15.7. The number of hydrogen-bond donors (Lipinski definition) is 2. The van der Waals surface area contributed by atoms with Gasteiger partial charge in [-0.3, -0.25) is 4.79 Å². The molecule has 0 saturated heterocycles. The van der Waals surface area contributed by atoms with Gasteiger partial charge in [-0.2, -0.15) is 0 Å². The average Bonchev–Trinajstić information content (AvgIpc) is 2.96. The molecular weight excluding hydrogens is 388 g/mol. The van der Waals surface area contributed by atoms with Crippen LogP contribution >= 0.6 is 27.5 Å². The van der Waals surface area contributed by atoms with Crippen molar-refractivity contribution in [3.05, 3.63) is 51.5 Å². The van der Waals surface area contributed by atoms with Crippen LogP contribution in [0.15, 0.2) is 35.1 Å². The molecule has 1 aromatic heterocycles. The SMILES string of the molecule is [2H][13C]([2H])([2H])n1cnc2c(F)c(Nc3ccc(Br)cc3Cl)c(C(N)=O)cc21. The number of amides is 1. The highest BCUT2D eigenvalue weighted by atomic mass is 79.9. The Kier molecular flexibility index (Phi) is 3.12. The number of carbonyl (C=O) groups excluding carboxylic acids is 1. The lowest BCUT2D eigenvalue weighted by Crippen LogP contribution is -2.15. The average molecular weight is 402 g/mol. The number of fused-ring (bicyclic) bond motifs is 1. The minimum absolute atomic E-state index is 0.0660. The highest BCUT2D eigenvalue weighted by Crippen LogP contribution is 2.33. The maximum Gasteiger partial charge on any atom is 0.251 e. The molecule has 0 aliphatic carbocycles. The lowest BCUT2D eigenvalue weighted by molar-refractivity contribution is 0.100. The number of anilines is 2. The summed E-state index contributed by atoms with van der Waals surface area (Å²) < 4.78 is 39.0. The van der Waals surface area contributed by atoms with E-state index in [9.17, 15) is 4.79 Å². The van der Waals surface area contributed by atoms with E-state index < -0.39 is 18.7 Å². The minimum Gasteiger partial charge on any atom is -0.366 e. The molecule has 2 aromatic carbocycles. The first-order valence-corrected chi connectivity index (χ1v) is 7.48. The maximum absolute atomic E-state index is 15.0. The quantitative estimate of drug-likeness (QED) is 0.652. The van der Waals surface area contributed by atoms with Gasteiger partial charge in [-0.1, -0.05) is 27.5 Å². The van der Waals surface area contributed by atoms with Crippen LogP contribution in [-0.2, 0) is 6.98 Å². The lowest BCUT2D eigenvalue weighted by atomic mass is 10.1. The number of benzene rings is 2. The lowest BCUT2D eigenvalue weighted by Gasteiger charge is -2.13. The Hall–Kier alpha value is -2.12. The van der Waals surface area contributed by atoms with Crippen LogP contribution < -0.4 is 11.1 Å². The highest BCUT2D eigenvalue weighted by molar-refractivity contribution is 9.10. The third kappa shape index (κ3) is 2.77. The number of nitrogens with zero attached hydrogens (tertiary/aromatic N) is 2. The Morgan fingerprint density at radius 3 is 2.96 bits per heavy atom. The third-order valence-electron chi connectivity index (χ3n) is 3.24. The minimum atomic E-state index is -2.58. The number of aromatic nitrogens is 2. The second-order valence-electron chi connectivity index (χ2n) is 4.71. The molecular formula is C15H11BrClFN4O. The van der Waals surface area contributed by atoms with Crippen LogP contribution in [-0.4, -0.2) is 15.5 Å². The van der Waals surface area contributed by atoms with E-state index in [4.69, 9.17) is 21.4 Å². The van der Waals surface area contributed by atoms with Crippen LogP contribution in [0.1, 0.15) is 14.5 Å². The Morgan fingerprint density at radius 2 is 2.30 bits per heavy atom. The number of primary amides is 1. The first-order chi connectivity index (χ1) is 12.1. The maximum atomic E-state index is 15.0. The summed E-state index contributed by atoms with van der Waals surface area (Å²) in [6.07, 6.45) is 0.988. The van der Waals surface area contributed by atoms with E-state index >= 15 is 4.39 Å². The van der Waals surface area contributed by atoms with Gasteiger partial charge in [0.25, 0.3) is 5.91 Å². The second kappa shape index (κ2) is 5.82. The van der Waals surface area contributed by atoms with Gasteiger partial charge in [0, 0.05) is 15.6 Å². The fourth-order valence-electron chi connectivity index (χ4n) is 2.15. The van der Waals surface area contributed by atoms with Gasteiger partial charge in [-0.25, -0.2) is 9.37 Å². The predicted molar refractivity (Wildman–Crippen MR) is 91.6 cm³/mol. The molecule has 0 atom stereocenters. The molecule has 1 heterocycles. The number of rotatable bonds is 3. The topological polar surface area (TPSA) is 72.9 Å². The summed E-state index contributed by atoms with van der Waals surface area (Å²) >= 11 is 9.38. The fraction of sp³-hybridized carbons (Fsp3) is 0.0667. The number of nitrogens with two attached hydrogens (primary N) is 1. The second-order valence-corrected chi connectivity index (χ2v) is 6.03. The van der Waals surface area contributed by atoms with Crippen molar-refractivity contribution in [3.63, 3.8) is 0 Å². The van der Waals surface area contributed by atoms with Crippen LogP contribution in [0, 0.1) is 5.82 Å². The molecule has 0 fully saturated rings. The molecule has 3 N–H and O–H groups in total. The molecule has 0 aliphatic rings. The van der Waals surface area contributed by atoms with Gasteiger partial charge in [0.05, 0.1) is 33.8 Å². The molecule has 3 aromatic rings. The molecule has 0 bridgehead atoms. The Labute approximate surface area is 148 Å². The molecule has 5 nitrogen and oxygen atoms in total. The summed E-state index contributed by atoms with van der Waals surface area (Å²) in [5.74, 6) is -1.84. The van der Waals surface area contributed by atoms with Crippen LogP contribution in [0.2, 0.25) is 5.02 Å². The zero-order valence-electron chi connectivity index (χ0n) is 14.4. The van der Waals surface area contributed by atoms with Crippen LogP contribution in [0.5, 0.6) is 0 Å². The summed E-state index contributed by atoms with van der Waals surface area (Å²) in [6, 6.07) is 6.04. The van der Waals surface area contributed by atoms with Crippen molar-refractivity contribution in [1.82, 2.24) is 9.55 Å². The van der Waals surface area contributed by atoms with Crippen molar-refractivity contribution in [1.29, 1.82) is 0 Å². The number of aryl methyl sites for hydroxylation is 1. The largest absolute Gasteiger partial charge is 0.366 e. The molecule has 118 valence electrons. The van der Waals surface area contributed by atoms with E-state index in [0.29, 0.717) is 5.69 Å². The standard InChI is InChI=1S/C15H11BrClFN4O/c1-22-6-20-14-11(22)5-8(15(19)23)13(12(14)18)21-10-3-2-7(16)4-9(10)17/h2-6,21H,1H3,(H2,19,23)/i1+1D3. The summed E-state index contributed by atoms with van der Waals surface area (Å²) in [5.41, 5.74) is 4.97. The Bertz CT molecular complexity index is 1040. The summed E-state index contributed by atoms with van der Waals surface area (Å²) in [7, 11) is 0. The van der Waals surface area contributed by atoms with Crippen LogP contribution in [0.25, 0.3) is 11.0 Å². The van der Waals surface area contributed by atoms with Crippen molar-refractivity contribution < 1.29 is 13.3 Å². The van der Waals surface area contributed by atoms with E-state index in [2.05, 4.69) is 26.2 Å². The first kappa shape index (κ1) is 12.3. The van der Waals surface area contributed by atoms with E-state index in [0.717, 1.165) is 15.4 Å². The van der Waals surface area contributed by atoms with Gasteiger partial charge in [0.15, 0.2) is 5.82 Å². The molecule has 0 aliphatic heterocycles. The van der Waals surface area contributed by atoms with Crippen LogP contribution in [0.4, 0.5) is 15.8 Å². The van der Waals surface area contributed by atoms with Crippen molar-refractivity contribution in [2.24, 2.45) is 12.7 Å².